The van der Waals surface area contributed by atoms with Crippen molar-refractivity contribution >= 4 is 16.7 Å². The molecule has 4 aromatic rings. The Morgan fingerprint density at radius 2 is 1.96 bits per heavy atom. The monoisotopic (exact) mass is 303 g/mol. The molecule has 4 rings (SSSR count). The number of nitrogens with zero attached hydrogens (tertiary/aromatic N) is 3. The van der Waals surface area contributed by atoms with E-state index in [1.54, 1.807) is 6.20 Å². The van der Waals surface area contributed by atoms with Crippen LogP contribution in [0.15, 0.2) is 55.0 Å². The number of nitrogens with one attached hydrogen (secondary N) is 1. The van der Waals surface area contributed by atoms with E-state index in [2.05, 4.69) is 46.3 Å². The number of aromatic nitrogens is 4. The number of nitrogens with two attached hydrogens (primary N) is 1. The van der Waals surface area contributed by atoms with E-state index in [-0.39, 0.29) is 0 Å². The van der Waals surface area contributed by atoms with E-state index >= 15 is 0 Å². The number of benzene rings is 1. The molecule has 114 valence electrons. The highest BCUT2D eigenvalue weighted by Gasteiger charge is 2.08. The third-order valence-electron chi connectivity index (χ3n) is 4.04. The van der Waals surface area contributed by atoms with Crippen molar-refractivity contribution in [2.45, 2.75) is 13.3 Å². The van der Waals surface area contributed by atoms with E-state index in [9.17, 15) is 0 Å². The SMILES string of the molecule is CCc1ccc(-n2cc(-c3ccc4[nH]cc(N)c4n3)cn2)cc1. The summed E-state index contributed by atoms with van der Waals surface area (Å²) in [7, 11) is 0. The predicted molar refractivity (Wildman–Crippen MR) is 92.4 cm³/mol. The van der Waals surface area contributed by atoms with Crippen LogP contribution in [0, 0.1) is 0 Å². The van der Waals surface area contributed by atoms with Gasteiger partial charge in [0.2, 0.25) is 0 Å². The highest BCUT2D eigenvalue weighted by Crippen LogP contribution is 2.24. The van der Waals surface area contributed by atoms with Crippen LogP contribution in [0.3, 0.4) is 0 Å². The van der Waals surface area contributed by atoms with Crippen molar-refractivity contribution in [3.63, 3.8) is 0 Å². The maximum absolute atomic E-state index is 5.93. The summed E-state index contributed by atoms with van der Waals surface area (Å²) in [5, 5.41) is 4.45. The summed E-state index contributed by atoms with van der Waals surface area (Å²) in [4.78, 5) is 7.73. The summed E-state index contributed by atoms with van der Waals surface area (Å²) < 4.78 is 1.86. The number of aromatic amines is 1. The Labute approximate surface area is 133 Å². The highest BCUT2D eigenvalue weighted by molar-refractivity contribution is 5.89. The average molecular weight is 303 g/mol. The molecule has 3 N–H and O–H groups in total. The molecular weight excluding hydrogens is 286 g/mol. The first kappa shape index (κ1) is 13.6. The zero-order chi connectivity index (χ0) is 15.8. The smallest absolute Gasteiger partial charge is 0.112 e. The molecule has 0 fully saturated rings. The van der Waals surface area contributed by atoms with Crippen LogP contribution >= 0.6 is 0 Å². The molecule has 0 amide bonds. The Hall–Kier alpha value is -3.08. The lowest BCUT2D eigenvalue weighted by molar-refractivity contribution is 0.879. The fourth-order valence-corrected chi connectivity index (χ4v) is 2.66. The lowest BCUT2D eigenvalue weighted by atomic mass is 10.1. The van der Waals surface area contributed by atoms with Gasteiger partial charge in [-0.3, -0.25) is 0 Å². The van der Waals surface area contributed by atoms with E-state index in [4.69, 9.17) is 5.73 Å². The number of pyridine rings is 1. The largest absolute Gasteiger partial charge is 0.396 e. The van der Waals surface area contributed by atoms with Crippen LogP contribution in [0.1, 0.15) is 12.5 Å². The van der Waals surface area contributed by atoms with Gasteiger partial charge < -0.3 is 10.7 Å². The van der Waals surface area contributed by atoms with Gasteiger partial charge in [0.15, 0.2) is 0 Å². The van der Waals surface area contributed by atoms with E-state index in [0.29, 0.717) is 5.69 Å². The van der Waals surface area contributed by atoms with Crippen molar-refractivity contribution in [3.8, 4) is 16.9 Å². The van der Waals surface area contributed by atoms with Gasteiger partial charge in [-0.2, -0.15) is 5.10 Å². The number of fused-ring (bicyclic) bond motifs is 1. The molecule has 0 saturated carbocycles. The van der Waals surface area contributed by atoms with Crippen LogP contribution < -0.4 is 5.73 Å². The van der Waals surface area contributed by atoms with Gasteiger partial charge in [-0.15, -0.1) is 0 Å². The van der Waals surface area contributed by atoms with Crippen molar-refractivity contribution < 1.29 is 0 Å². The van der Waals surface area contributed by atoms with Crippen LogP contribution in [0.25, 0.3) is 28.0 Å². The molecule has 5 nitrogen and oxygen atoms in total. The van der Waals surface area contributed by atoms with Crippen molar-refractivity contribution in [1.29, 1.82) is 0 Å². The average Bonchev–Trinajstić information content (AvgIpc) is 3.22. The molecule has 0 radical (unpaired) electrons. The number of anilines is 1. The summed E-state index contributed by atoms with van der Waals surface area (Å²) in [5.74, 6) is 0. The summed E-state index contributed by atoms with van der Waals surface area (Å²) in [6.07, 6.45) is 6.61. The van der Waals surface area contributed by atoms with E-state index < -0.39 is 0 Å². The summed E-state index contributed by atoms with van der Waals surface area (Å²) in [6.45, 7) is 2.15. The maximum Gasteiger partial charge on any atom is 0.112 e. The first-order valence-electron chi connectivity index (χ1n) is 7.62. The van der Waals surface area contributed by atoms with Crippen molar-refractivity contribution in [3.05, 3.63) is 60.6 Å². The molecule has 0 bridgehead atoms. The molecule has 5 heteroatoms. The molecule has 0 atom stereocenters. The second kappa shape index (κ2) is 5.28. The van der Waals surface area contributed by atoms with Gasteiger partial charge in [-0.25, -0.2) is 9.67 Å². The molecule has 23 heavy (non-hydrogen) atoms. The van der Waals surface area contributed by atoms with Crippen LogP contribution in [0.4, 0.5) is 5.69 Å². The normalized spacial score (nSPS) is 11.2. The quantitative estimate of drug-likeness (QED) is 0.608. The maximum atomic E-state index is 5.93. The number of hydrogen-bond donors (Lipinski definition) is 2. The number of rotatable bonds is 3. The molecule has 3 heterocycles. The Morgan fingerprint density at radius 1 is 1.13 bits per heavy atom. The molecule has 0 spiro atoms. The van der Waals surface area contributed by atoms with Crippen molar-refractivity contribution in [2.24, 2.45) is 0 Å². The minimum absolute atomic E-state index is 0.657. The van der Waals surface area contributed by atoms with Crippen LogP contribution in [0.2, 0.25) is 0 Å². The van der Waals surface area contributed by atoms with Gasteiger partial charge in [0, 0.05) is 18.0 Å². The van der Waals surface area contributed by atoms with Crippen LogP contribution in [0.5, 0.6) is 0 Å². The van der Waals surface area contributed by atoms with Gasteiger partial charge in [0.05, 0.1) is 28.8 Å². The van der Waals surface area contributed by atoms with Gasteiger partial charge in [-0.1, -0.05) is 19.1 Å². The first-order chi connectivity index (χ1) is 11.2. The second-order valence-corrected chi connectivity index (χ2v) is 5.53. The molecule has 0 saturated heterocycles. The molecular formula is C18H17N5. The Balaban J connectivity index is 1.71. The van der Waals surface area contributed by atoms with Crippen LogP contribution in [-0.2, 0) is 6.42 Å². The molecule has 0 unspecified atom stereocenters. The predicted octanol–water partition coefficient (Wildman–Crippen LogP) is 3.56. The summed E-state index contributed by atoms with van der Waals surface area (Å²) >= 11 is 0. The molecule has 0 aliphatic heterocycles. The first-order valence-corrected chi connectivity index (χ1v) is 7.62. The summed E-state index contributed by atoms with van der Waals surface area (Å²) in [5.41, 5.74) is 12.5. The Kier molecular flexibility index (Phi) is 3.12. The van der Waals surface area contributed by atoms with Gasteiger partial charge in [0.25, 0.3) is 0 Å². The van der Waals surface area contributed by atoms with E-state index in [1.807, 2.05) is 29.2 Å². The minimum Gasteiger partial charge on any atom is -0.396 e. The fourth-order valence-electron chi connectivity index (χ4n) is 2.66. The highest BCUT2D eigenvalue weighted by atomic mass is 15.3. The standard InChI is InChI=1S/C18H17N5/c1-2-12-3-5-14(6-4-12)23-11-13(9-21-23)16-7-8-17-18(22-16)15(19)10-20-17/h3-11,20H,2,19H2,1H3. The topological polar surface area (TPSA) is 72.5 Å². The Bertz CT molecular complexity index is 963. The third kappa shape index (κ3) is 2.36. The third-order valence-corrected chi connectivity index (χ3v) is 4.04. The van der Waals surface area contributed by atoms with Gasteiger partial charge >= 0.3 is 0 Å². The molecule has 0 aliphatic carbocycles. The Morgan fingerprint density at radius 3 is 2.74 bits per heavy atom. The fraction of sp³-hybridized carbons (Fsp3) is 0.111. The molecule has 1 aromatic carbocycles. The van der Waals surface area contributed by atoms with Crippen molar-refractivity contribution in [1.82, 2.24) is 19.7 Å². The molecule has 0 aliphatic rings. The van der Waals surface area contributed by atoms with Gasteiger partial charge in [0.1, 0.15) is 5.52 Å². The zero-order valence-electron chi connectivity index (χ0n) is 12.8. The van der Waals surface area contributed by atoms with E-state index in [1.165, 1.54) is 5.56 Å². The molecule has 3 aromatic heterocycles. The number of H-pyrrole nitrogens is 1. The number of hydrogen-bond acceptors (Lipinski definition) is 3. The lowest BCUT2D eigenvalue weighted by Crippen LogP contribution is -1.94. The van der Waals surface area contributed by atoms with Crippen LogP contribution in [-0.4, -0.2) is 19.7 Å². The lowest BCUT2D eigenvalue weighted by Gasteiger charge is -2.02. The number of aryl methyl sites for hydroxylation is 1. The van der Waals surface area contributed by atoms with Crippen molar-refractivity contribution in [2.75, 3.05) is 5.73 Å². The minimum atomic E-state index is 0.657. The van der Waals surface area contributed by atoms with E-state index in [0.717, 1.165) is 34.4 Å². The second-order valence-electron chi connectivity index (χ2n) is 5.53. The summed E-state index contributed by atoms with van der Waals surface area (Å²) in [6, 6.07) is 12.4. The number of nitrogen functional groups attached to an aromatic ring is 1. The van der Waals surface area contributed by atoms with Gasteiger partial charge in [-0.05, 0) is 36.2 Å². The zero-order valence-corrected chi connectivity index (χ0v) is 12.8.